The van der Waals surface area contributed by atoms with Crippen molar-refractivity contribution in [3.05, 3.63) is 27.7 Å². The predicted molar refractivity (Wildman–Crippen MR) is 55.8 cm³/mol. The first-order chi connectivity index (χ1) is 6.36. The Morgan fingerprint density at radius 3 is 1.86 bits per heavy atom. The fraction of sp³-hybridized carbons (Fsp3) is 0.400. The number of rotatable bonds is 1. The van der Waals surface area contributed by atoms with Crippen LogP contribution in [0.15, 0.2) is 12.1 Å². The van der Waals surface area contributed by atoms with E-state index < -0.39 is 0 Å². The molecular formula is C10H11Cl2OTi. The molecule has 0 amide bonds. The summed E-state index contributed by atoms with van der Waals surface area (Å²) in [6.45, 7) is 6.34. The zero-order chi connectivity index (χ0) is 10.9. The standard InChI is InChI=1S/C10H12Cl2O.Ti/c1-10(2,3)6-4-7(11)9(13)8(12)5-6;/h4-5,13H,1-3H3;/q;+1/p-1. The molecule has 0 unspecified atom stereocenters. The van der Waals surface area contributed by atoms with Crippen LogP contribution < -0.4 is 3.32 Å². The van der Waals surface area contributed by atoms with Crippen LogP contribution in [0.2, 0.25) is 10.0 Å². The second-order valence-electron chi connectivity index (χ2n) is 4.12. The van der Waals surface area contributed by atoms with Gasteiger partial charge in [0.2, 0.25) is 0 Å². The Bertz CT molecular complexity index is 321. The van der Waals surface area contributed by atoms with Crippen molar-refractivity contribution in [2.75, 3.05) is 0 Å². The maximum atomic E-state index is 6.03. The van der Waals surface area contributed by atoms with E-state index in [9.17, 15) is 0 Å². The van der Waals surface area contributed by atoms with Crippen LogP contribution in [0, 0.1) is 0 Å². The van der Waals surface area contributed by atoms with Gasteiger partial charge in [0, 0.05) is 0 Å². The summed E-state index contributed by atoms with van der Waals surface area (Å²) < 4.78 is 5.08. The SMILES string of the molecule is CC(C)(C)c1cc(Cl)c([O][Ti])c(Cl)c1. The quantitative estimate of drug-likeness (QED) is 0.694. The van der Waals surface area contributed by atoms with E-state index in [1.807, 2.05) is 12.1 Å². The van der Waals surface area contributed by atoms with Crippen molar-refractivity contribution in [2.24, 2.45) is 0 Å². The van der Waals surface area contributed by atoms with Crippen LogP contribution in [0.1, 0.15) is 26.3 Å². The summed E-state index contributed by atoms with van der Waals surface area (Å²) in [5.41, 5.74) is 1.15. The van der Waals surface area contributed by atoms with E-state index in [2.05, 4.69) is 20.8 Å². The number of hydrogen-bond donors (Lipinski definition) is 0. The van der Waals surface area contributed by atoms with Crippen LogP contribution in [0.3, 0.4) is 0 Å². The molecule has 1 nitrogen and oxygen atoms in total. The van der Waals surface area contributed by atoms with Gasteiger partial charge in [0.15, 0.2) is 0 Å². The van der Waals surface area contributed by atoms with Crippen molar-refractivity contribution in [1.29, 1.82) is 0 Å². The molecule has 0 aromatic heterocycles. The minimum atomic E-state index is 0.0412. The molecule has 0 saturated carbocycles. The fourth-order valence-corrected chi connectivity index (χ4v) is 2.20. The van der Waals surface area contributed by atoms with Crippen molar-refractivity contribution >= 4 is 23.2 Å². The molecule has 0 fully saturated rings. The van der Waals surface area contributed by atoms with Gasteiger partial charge in [-0.3, -0.25) is 0 Å². The second kappa shape index (κ2) is 4.44. The van der Waals surface area contributed by atoms with Gasteiger partial charge in [0.25, 0.3) is 0 Å². The van der Waals surface area contributed by atoms with Crippen molar-refractivity contribution in [1.82, 2.24) is 0 Å². The molecule has 0 spiro atoms. The average Bonchev–Trinajstić information content (AvgIpc) is 2.01. The van der Waals surface area contributed by atoms with Crippen molar-refractivity contribution in [2.45, 2.75) is 26.2 Å². The van der Waals surface area contributed by atoms with Crippen LogP contribution in [0.4, 0.5) is 0 Å². The van der Waals surface area contributed by atoms with Gasteiger partial charge in [-0.1, -0.05) is 0 Å². The third-order valence-electron chi connectivity index (χ3n) is 1.97. The molecule has 75 valence electrons. The molecule has 14 heavy (non-hydrogen) atoms. The fourth-order valence-electron chi connectivity index (χ4n) is 1.09. The summed E-state index contributed by atoms with van der Waals surface area (Å²) in [6.07, 6.45) is 0. The molecule has 0 aliphatic rings. The molecule has 0 bridgehead atoms. The van der Waals surface area contributed by atoms with Crippen molar-refractivity contribution < 1.29 is 24.1 Å². The van der Waals surface area contributed by atoms with Crippen LogP contribution in [0.5, 0.6) is 5.75 Å². The first kappa shape index (κ1) is 12.4. The average molecular weight is 266 g/mol. The van der Waals surface area contributed by atoms with Crippen molar-refractivity contribution in [3.63, 3.8) is 0 Å². The van der Waals surface area contributed by atoms with E-state index in [4.69, 9.17) is 26.5 Å². The van der Waals surface area contributed by atoms with Gasteiger partial charge < -0.3 is 0 Å². The molecule has 0 aliphatic carbocycles. The van der Waals surface area contributed by atoms with Crippen LogP contribution in [0.25, 0.3) is 0 Å². The van der Waals surface area contributed by atoms with Gasteiger partial charge in [-0.05, 0) is 0 Å². The number of hydrogen-bond acceptors (Lipinski definition) is 1. The van der Waals surface area contributed by atoms with E-state index in [1.54, 1.807) is 20.8 Å². The van der Waals surface area contributed by atoms with Gasteiger partial charge in [-0.15, -0.1) is 0 Å². The summed E-state index contributed by atoms with van der Waals surface area (Å²) in [4.78, 5) is 0. The van der Waals surface area contributed by atoms with Gasteiger partial charge in [0.05, 0.1) is 0 Å². The third kappa shape index (κ3) is 2.67. The van der Waals surface area contributed by atoms with E-state index in [-0.39, 0.29) is 5.41 Å². The first-order valence-corrected chi connectivity index (χ1v) is 5.58. The van der Waals surface area contributed by atoms with Crippen molar-refractivity contribution in [3.8, 4) is 5.75 Å². The van der Waals surface area contributed by atoms with E-state index >= 15 is 0 Å². The monoisotopic (exact) mass is 265 g/mol. The maximum absolute atomic E-state index is 6.03. The molecule has 0 aliphatic heterocycles. The predicted octanol–water partition coefficient (Wildman–Crippen LogP) is 4.13. The summed E-state index contributed by atoms with van der Waals surface area (Å²) in [7, 11) is 0. The summed E-state index contributed by atoms with van der Waals surface area (Å²) >= 11 is 13.6. The topological polar surface area (TPSA) is 9.23 Å². The van der Waals surface area contributed by atoms with Crippen LogP contribution >= 0.6 is 23.2 Å². The Morgan fingerprint density at radius 1 is 1.14 bits per heavy atom. The zero-order valence-corrected chi connectivity index (χ0v) is 11.4. The first-order valence-electron chi connectivity index (χ1n) is 4.19. The second-order valence-corrected chi connectivity index (χ2v) is 5.25. The van der Waals surface area contributed by atoms with Gasteiger partial charge in [-0.25, -0.2) is 0 Å². The molecule has 4 heteroatoms. The molecule has 0 heterocycles. The van der Waals surface area contributed by atoms with Gasteiger partial charge >= 0.3 is 107 Å². The molecule has 1 rings (SSSR count). The Kier molecular flexibility index (Phi) is 3.93. The Labute approximate surface area is 107 Å². The van der Waals surface area contributed by atoms with Gasteiger partial charge in [-0.2, -0.15) is 0 Å². The molecule has 0 radical (unpaired) electrons. The molecule has 0 atom stereocenters. The van der Waals surface area contributed by atoms with E-state index in [1.165, 1.54) is 0 Å². The van der Waals surface area contributed by atoms with Gasteiger partial charge in [0.1, 0.15) is 0 Å². The van der Waals surface area contributed by atoms with E-state index in [0.717, 1.165) is 5.56 Å². The molecule has 1 aromatic carbocycles. The normalized spacial score (nSPS) is 11.4. The minimum absolute atomic E-state index is 0.0412. The molecule has 1 aromatic rings. The summed E-state index contributed by atoms with van der Waals surface area (Å²) in [5, 5.41) is 1.12. The molecule has 0 saturated heterocycles. The zero-order valence-electron chi connectivity index (χ0n) is 8.32. The number of halogens is 2. The molecular weight excluding hydrogens is 255 g/mol. The number of benzene rings is 1. The van der Waals surface area contributed by atoms with E-state index in [0.29, 0.717) is 15.8 Å². The Hall–Kier alpha value is 0.314. The Morgan fingerprint density at radius 2 is 1.57 bits per heavy atom. The van der Waals surface area contributed by atoms with Crippen LogP contribution in [-0.2, 0) is 26.2 Å². The third-order valence-corrected chi connectivity index (χ3v) is 2.85. The Balaban J connectivity index is 3.28. The summed E-state index contributed by atoms with van der Waals surface area (Å²) in [5.74, 6) is 0.543. The summed E-state index contributed by atoms with van der Waals surface area (Å²) in [6, 6.07) is 3.79. The molecule has 0 N–H and O–H groups in total. The van der Waals surface area contributed by atoms with Crippen LogP contribution in [-0.4, -0.2) is 0 Å².